The quantitative estimate of drug-likeness (QED) is 0.597. The molecule has 0 aliphatic heterocycles. The van der Waals surface area contributed by atoms with Crippen molar-refractivity contribution >= 4 is 27.9 Å². The molecule has 74 valence electrons. The molecule has 0 radical (unpaired) electrons. The van der Waals surface area contributed by atoms with E-state index in [2.05, 4.69) is 20.9 Å². The molecule has 4 heteroatoms. The lowest BCUT2D eigenvalue weighted by Crippen LogP contribution is -2.18. The second kappa shape index (κ2) is 4.91. The van der Waals surface area contributed by atoms with E-state index in [0.29, 0.717) is 0 Å². The molecule has 0 unspecified atom stereocenters. The van der Waals surface area contributed by atoms with Crippen LogP contribution in [0.4, 0.5) is 0 Å². The molecule has 0 aliphatic rings. The van der Waals surface area contributed by atoms with Crippen molar-refractivity contribution in [2.75, 3.05) is 14.1 Å². The first-order valence-electron chi connectivity index (χ1n) is 4.10. The average molecular weight is 255 g/mol. The molecular formula is C10H11BrN2O. The summed E-state index contributed by atoms with van der Waals surface area (Å²) in [6, 6.07) is 3.68. The van der Waals surface area contributed by atoms with Gasteiger partial charge in [-0.15, -0.1) is 0 Å². The Balaban J connectivity index is 2.74. The standard InChI is InChI=1S/C10H11BrN2O/c1-13(2)10(14)4-3-8-5-6-12-9(11)7-8/h3-7H,1-2H3. The largest absolute Gasteiger partial charge is 0.345 e. The summed E-state index contributed by atoms with van der Waals surface area (Å²) >= 11 is 3.26. The molecule has 0 saturated heterocycles. The maximum absolute atomic E-state index is 11.2. The molecule has 1 amide bonds. The third-order valence-electron chi connectivity index (χ3n) is 1.61. The summed E-state index contributed by atoms with van der Waals surface area (Å²) in [6.07, 6.45) is 4.97. The van der Waals surface area contributed by atoms with Gasteiger partial charge < -0.3 is 4.90 Å². The number of carbonyl (C=O) groups is 1. The highest BCUT2D eigenvalue weighted by Gasteiger charge is 1.96. The normalized spacial score (nSPS) is 10.5. The monoisotopic (exact) mass is 254 g/mol. The molecular weight excluding hydrogens is 244 g/mol. The van der Waals surface area contributed by atoms with Gasteiger partial charge in [0.2, 0.25) is 5.91 Å². The maximum Gasteiger partial charge on any atom is 0.246 e. The van der Waals surface area contributed by atoms with Gasteiger partial charge in [-0.3, -0.25) is 4.79 Å². The number of rotatable bonds is 2. The minimum atomic E-state index is -0.0297. The Morgan fingerprint density at radius 1 is 1.57 bits per heavy atom. The van der Waals surface area contributed by atoms with E-state index in [-0.39, 0.29) is 5.91 Å². The average Bonchev–Trinajstić information content (AvgIpc) is 2.14. The highest BCUT2D eigenvalue weighted by molar-refractivity contribution is 9.10. The first kappa shape index (κ1) is 10.9. The van der Waals surface area contributed by atoms with Crippen molar-refractivity contribution in [3.63, 3.8) is 0 Å². The summed E-state index contributed by atoms with van der Waals surface area (Å²) in [5, 5.41) is 0. The molecule has 1 aromatic rings. The van der Waals surface area contributed by atoms with Crippen LogP contribution in [0.1, 0.15) is 5.56 Å². The number of hydrogen-bond acceptors (Lipinski definition) is 2. The van der Waals surface area contributed by atoms with Crippen molar-refractivity contribution in [1.29, 1.82) is 0 Å². The molecule has 1 heterocycles. The van der Waals surface area contributed by atoms with E-state index in [1.165, 1.54) is 11.0 Å². The number of hydrogen-bond donors (Lipinski definition) is 0. The van der Waals surface area contributed by atoms with Gasteiger partial charge in [-0.2, -0.15) is 0 Å². The van der Waals surface area contributed by atoms with Crippen LogP contribution in [0.25, 0.3) is 6.08 Å². The van der Waals surface area contributed by atoms with E-state index in [0.717, 1.165) is 10.2 Å². The highest BCUT2D eigenvalue weighted by atomic mass is 79.9. The number of halogens is 1. The van der Waals surface area contributed by atoms with Crippen molar-refractivity contribution in [2.45, 2.75) is 0 Å². The molecule has 0 spiro atoms. The van der Waals surface area contributed by atoms with Gasteiger partial charge in [0, 0.05) is 26.4 Å². The van der Waals surface area contributed by atoms with Gasteiger partial charge in [0.1, 0.15) is 4.60 Å². The molecule has 0 aromatic carbocycles. The Morgan fingerprint density at radius 2 is 2.29 bits per heavy atom. The van der Waals surface area contributed by atoms with Gasteiger partial charge in [0.25, 0.3) is 0 Å². The Hall–Kier alpha value is -1.16. The van der Waals surface area contributed by atoms with Crippen LogP contribution in [0.5, 0.6) is 0 Å². The molecule has 3 nitrogen and oxygen atoms in total. The van der Waals surface area contributed by atoms with Crippen LogP contribution in [0.15, 0.2) is 29.0 Å². The van der Waals surface area contributed by atoms with Gasteiger partial charge in [-0.25, -0.2) is 4.98 Å². The van der Waals surface area contributed by atoms with Crippen molar-refractivity contribution in [1.82, 2.24) is 9.88 Å². The van der Waals surface area contributed by atoms with E-state index < -0.39 is 0 Å². The zero-order valence-electron chi connectivity index (χ0n) is 8.07. The Labute approximate surface area is 91.6 Å². The zero-order chi connectivity index (χ0) is 10.6. The van der Waals surface area contributed by atoms with Gasteiger partial charge in [-0.1, -0.05) is 0 Å². The minimum absolute atomic E-state index is 0.0297. The highest BCUT2D eigenvalue weighted by Crippen LogP contribution is 2.09. The third-order valence-corrected chi connectivity index (χ3v) is 2.04. The third kappa shape index (κ3) is 3.30. The topological polar surface area (TPSA) is 33.2 Å². The number of likely N-dealkylation sites (N-methyl/N-ethyl adjacent to an activating group) is 1. The maximum atomic E-state index is 11.2. The lowest BCUT2D eigenvalue weighted by molar-refractivity contribution is -0.123. The first-order chi connectivity index (χ1) is 6.59. The minimum Gasteiger partial charge on any atom is -0.345 e. The van der Waals surface area contributed by atoms with Crippen molar-refractivity contribution in [2.24, 2.45) is 0 Å². The van der Waals surface area contributed by atoms with Crippen LogP contribution in [-0.2, 0) is 4.79 Å². The lowest BCUT2D eigenvalue weighted by atomic mass is 10.2. The van der Waals surface area contributed by atoms with E-state index in [4.69, 9.17) is 0 Å². The summed E-state index contributed by atoms with van der Waals surface area (Å²) in [7, 11) is 3.43. The molecule has 0 N–H and O–H groups in total. The van der Waals surface area contributed by atoms with E-state index in [1.54, 1.807) is 26.4 Å². The van der Waals surface area contributed by atoms with Crippen LogP contribution in [0.3, 0.4) is 0 Å². The molecule has 0 fully saturated rings. The van der Waals surface area contributed by atoms with Gasteiger partial charge in [0.05, 0.1) is 0 Å². The van der Waals surface area contributed by atoms with Crippen LogP contribution < -0.4 is 0 Å². The van der Waals surface area contributed by atoms with E-state index >= 15 is 0 Å². The predicted molar refractivity (Wildman–Crippen MR) is 59.7 cm³/mol. The molecule has 0 aliphatic carbocycles. The summed E-state index contributed by atoms with van der Waals surface area (Å²) in [5.41, 5.74) is 0.946. The fourth-order valence-electron chi connectivity index (χ4n) is 0.838. The van der Waals surface area contributed by atoms with Crippen molar-refractivity contribution < 1.29 is 4.79 Å². The van der Waals surface area contributed by atoms with Gasteiger partial charge >= 0.3 is 0 Å². The molecule has 1 rings (SSSR count). The Kier molecular flexibility index (Phi) is 3.83. The smallest absolute Gasteiger partial charge is 0.246 e. The number of nitrogens with zero attached hydrogens (tertiary/aromatic N) is 2. The summed E-state index contributed by atoms with van der Waals surface area (Å²) < 4.78 is 0.761. The van der Waals surface area contributed by atoms with Crippen LogP contribution in [0, 0.1) is 0 Å². The number of carbonyl (C=O) groups excluding carboxylic acids is 1. The molecule has 0 saturated carbocycles. The van der Waals surface area contributed by atoms with Crippen LogP contribution in [-0.4, -0.2) is 29.9 Å². The van der Waals surface area contributed by atoms with Gasteiger partial charge in [-0.05, 0) is 39.7 Å². The Morgan fingerprint density at radius 3 is 2.86 bits per heavy atom. The van der Waals surface area contributed by atoms with E-state index in [1.807, 2.05) is 12.1 Å². The summed E-state index contributed by atoms with van der Waals surface area (Å²) in [4.78, 5) is 16.7. The summed E-state index contributed by atoms with van der Waals surface area (Å²) in [6.45, 7) is 0. The van der Waals surface area contributed by atoms with Crippen LogP contribution >= 0.6 is 15.9 Å². The Bertz CT molecular complexity index is 361. The molecule has 0 bridgehead atoms. The van der Waals surface area contributed by atoms with Crippen molar-refractivity contribution in [3.8, 4) is 0 Å². The van der Waals surface area contributed by atoms with Crippen molar-refractivity contribution in [3.05, 3.63) is 34.6 Å². The second-order valence-corrected chi connectivity index (χ2v) is 3.79. The molecule has 14 heavy (non-hydrogen) atoms. The van der Waals surface area contributed by atoms with Gasteiger partial charge in [0.15, 0.2) is 0 Å². The zero-order valence-corrected chi connectivity index (χ0v) is 9.65. The van der Waals surface area contributed by atoms with Crippen LogP contribution in [0.2, 0.25) is 0 Å². The molecule has 1 aromatic heterocycles. The lowest BCUT2D eigenvalue weighted by Gasteiger charge is -2.04. The number of aromatic nitrogens is 1. The predicted octanol–water partition coefficient (Wildman–Crippen LogP) is 1.95. The number of amides is 1. The number of pyridine rings is 1. The molecule has 0 atom stereocenters. The fourth-order valence-corrected chi connectivity index (χ4v) is 1.22. The fraction of sp³-hybridized carbons (Fsp3) is 0.200. The second-order valence-electron chi connectivity index (χ2n) is 2.98. The summed E-state index contributed by atoms with van der Waals surface area (Å²) in [5.74, 6) is -0.0297. The van der Waals surface area contributed by atoms with E-state index in [9.17, 15) is 4.79 Å². The SMILES string of the molecule is CN(C)C(=O)C=Cc1ccnc(Br)c1. The first-order valence-corrected chi connectivity index (χ1v) is 4.90.